The molecule has 6 bridgehead atoms. The van der Waals surface area contributed by atoms with E-state index in [4.69, 9.17) is 9.47 Å². The van der Waals surface area contributed by atoms with Crippen molar-refractivity contribution in [3.8, 4) is 17.1 Å². The van der Waals surface area contributed by atoms with Crippen LogP contribution in [0.5, 0.6) is 5.75 Å². The van der Waals surface area contributed by atoms with Gasteiger partial charge < -0.3 is 25.0 Å². The molecule has 3 N–H and O–H groups in total. The van der Waals surface area contributed by atoms with Crippen molar-refractivity contribution in [3.05, 3.63) is 29.8 Å². The summed E-state index contributed by atoms with van der Waals surface area (Å²) < 4.78 is 38.9. The predicted octanol–water partition coefficient (Wildman–Crippen LogP) is 2.97. The van der Waals surface area contributed by atoms with E-state index in [2.05, 4.69) is 30.8 Å². The Bertz CT molecular complexity index is 1920. The number of carbonyl (C=O) groups excluding carboxylic acids is 4. The minimum atomic E-state index is -3.87. The first kappa shape index (κ1) is 38.2. The van der Waals surface area contributed by atoms with E-state index < -0.39 is 73.6 Å². The van der Waals surface area contributed by atoms with Gasteiger partial charge in [-0.05, 0) is 60.4 Å². The van der Waals surface area contributed by atoms with E-state index >= 15 is 0 Å². The molecule has 1 saturated heterocycles. The number of benzene rings is 1. The van der Waals surface area contributed by atoms with E-state index in [0.717, 1.165) is 5.56 Å². The molecule has 3 heterocycles. The quantitative estimate of drug-likeness (QED) is 0.375. The molecule has 1 aromatic carbocycles. The fourth-order valence-electron chi connectivity index (χ4n) is 7.07. The number of carbonyl (C=O) groups is 4. The van der Waals surface area contributed by atoms with Crippen LogP contribution in [-0.4, -0.2) is 100 Å². The van der Waals surface area contributed by atoms with Gasteiger partial charge in [0.15, 0.2) is 0 Å². The summed E-state index contributed by atoms with van der Waals surface area (Å²) in [4.78, 5) is 58.4. The lowest BCUT2D eigenvalue weighted by Gasteiger charge is -2.35. The molecule has 0 unspecified atom stereocenters. The number of methoxy groups -OCH3 is 1. The number of sulfonamides is 1. The van der Waals surface area contributed by atoms with Gasteiger partial charge in [0.05, 0.1) is 25.0 Å². The van der Waals surface area contributed by atoms with Gasteiger partial charge in [-0.3, -0.25) is 19.1 Å². The second-order valence-electron chi connectivity index (χ2n) is 16.5. The van der Waals surface area contributed by atoms with Gasteiger partial charge in [-0.1, -0.05) is 60.1 Å². The van der Waals surface area contributed by atoms with Crippen molar-refractivity contribution in [1.29, 1.82) is 0 Å². The number of aromatic nitrogens is 4. The van der Waals surface area contributed by atoms with Gasteiger partial charge >= 0.3 is 6.09 Å². The number of cyclic esters (lactones) is 1. The number of fused-ring (bicyclic) bond motifs is 8. The average Bonchev–Trinajstić information content (AvgIpc) is 3.97. The summed E-state index contributed by atoms with van der Waals surface area (Å²) >= 11 is 0. The Kier molecular flexibility index (Phi) is 10.1. The van der Waals surface area contributed by atoms with Crippen molar-refractivity contribution in [2.45, 2.75) is 109 Å². The summed E-state index contributed by atoms with van der Waals surface area (Å²) in [6.07, 6.45) is 5.47. The smallest absolute Gasteiger partial charge is 0.407 e. The van der Waals surface area contributed by atoms with Crippen LogP contribution in [-0.2, 0) is 29.1 Å². The molecule has 3 fully saturated rings. The zero-order valence-corrected chi connectivity index (χ0v) is 32.2. The van der Waals surface area contributed by atoms with Gasteiger partial charge in [0.1, 0.15) is 23.4 Å². The third kappa shape index (κ3) is 8.04. The molecule has 4 amide bonds. The summed E-state index contributed by atoms with van der Waals surface area (Å²) in [6, 6.07) is 2.68. The summed E-state index contributed by atoms with van der Waals surface area (Å²) in [5.74, 6) is -1.25. The Morgan fingerprint density at radius 2 is 1.91 bits per heavy atom. The molecule has 1 aromatic heterocycles. The molecule has 53 heavy (non-hydrogen) atoms. The van der Waals surface area contributed by atoms with Crippen molar-refractivity contribution < 1.29 is 37.1 Å². The number of hydrogen-bond acceptors (Lipinski definition) is 11. The van der Waals surface area contributed by atoms with Crippen LogP contribution >= 0.6 is 0 Å². The van der Waals surface area contributed by atoms with E-state index in [1.807, 2.05) is 51.1 Å². The normalized spacial score (nSPS) is 28.0. The predicted molar refractivity (Wildman–Crippen MR) is 193 cm³/mol. The Labute approximate surface area is 309 Å². The maximum absolute atomic E-state index is 14.6. The Hall–Kier alpha value is -4.54. The number of alkyl carbamates (subject to hydrolysis) is 1. The highest BCUT2D eigenvalue weighted by Gasteiger charge is 2.62. The van der Waals surface area contributed by atoms with Gasteiger partial charge in [-0.15, -0.1) is 10.2 Å². The maximum Gasteiger partial charge on any atom is 0.407 e. The highest BCUT2D eigenvalue weighted by Crippen LogP contribution is 2.47. The first-order valence-corrected chi connectivity index (χ1v) is 19.7. The highest BCUT2D eigenvalue weighted by atomic mass is 32.2. The summed E-state index contributed by atoms with van der Waals surface area (Å²) in [7, 11) is -2.29. The molecular weight excluding hydrogens is 705 g/mol. The standard InChI is InChI=1S/C36H50N8O8S/c1-8-23-18-36(23,32(47)41-53(49,50)25-12-13-25)38-30(45)26-17-24-19-43(26)31(46)28(34(2,3)4)37-33(48)52-20-35(5,6)15-9-10-21-16-22(11-14-27(21)51-7)29-39-42-44(24)40-29/h9-11,14,16,23-26,28H,8,12-13,15,17-20H2,1-7H3,(H,37,48)(H,38,45)(H,41,47)/b10-9-/t23-,24-,26+,28-,36-/m1/s1. The van der Waals surface area contributed by atoms with Crippen LogP contribution in [0.15, 0.2) is 24.3 Å². The molecule has 4 aliphatic rings. The van der Waals surface area contributed by atoms with E-state index in [-0.39, 0.29) is 31.9 Å². The van der Waals surface area contributed by atoms with Crippen LogP contribution in [0.3, 0.4) is 0 Å². The number of amides is 4. The van der Waals surface area contributed by atoms with E-state index in [1.165, 1.54) is 9.70 Å². The van der Waals surface area contributed by atoms with Crippen molar-refractivity contribution >= 4 is 39.9 Å². The highest BCUT2D eigenvalue weighted by molar-refractivity contribution is 7.91. The molecule has 288 valence electrons. The van der Waals surface area contributed by atoms with Crippen LogP contribution in [0.2, 0.25) is 0 Å². The zero-order chi connectivity index (χ0) is 38.5. The monoisotopic (exact) mass is 754 g/mol. The molecular formula is C36H50N8O8S. The molecule has 5 atom stereocenters. The molecule has 0 radical (unpaired) electrons. The van der Waals surface area contributed by atoms with Crippen molar-refractivity contribution in [1.82, 2.24) is 40.5 Å². The number of ether oxygens (including phenoxy) is 2. The number of nitrogens with one attached hydrogen (secondary N) is 3. The Morgan fingerprint density at radius 1 is 1.17 bits per heavy atom. The number of nitrogens with zero attached hydrogens (tertiary/aromatic N) is 5. The SMILES string of the molecule is CC[C@@H]1C[C@]1(NC(=O)[C@@H]1C[C@@H]2CN1C(=O)[C@H](C(C)(C)C)NC(=O)OCC(C)(C)C/C=C\c1cc(ccc1OC)-c1nnn2n1)C(=O)NS(=O)(=O)C1CC1. The first-order chi connectivity index (χ1) is 24.9. The summed E-state index contributed by atoms with van der Waals surface area (Å²) in [5, 5.41) is 18.3. The number of hydrogen-bond donors (Lipinski definition) is 3. The summed E-state index contributed by atoms with van der Waals surface area (Å²) in [5.41, 5.74) is -1.25. The van der Waals surface area contributed by atoms with Crippen molar-refractivity contribution in [3.63, 3.8) is 0 Å². The number of rotatable bonds is 7. The first-order valence-electron chi connectivity index (χ1n) is 18.1. The minimum absolute atomic E-state index is 0.00782. The van der Waals surface area contributed by atoms with Gasteiger partial charge in [0, 0.05) is 29.5 Å². The largest absolute Gasteiger partial charge is 0.496 e. The van der Waals surface area contributed by atoms with Crippen LogP contribution in [0, 0.1) is 16.7 Å². The zero-order valence-electron chi connectivity index (χ0n) is 31.3. The van der Waals surface area contributed by atoms with Gasteiger partial charge in [-0.2, -0.15) is 4.80 Å². The van der Waals surface area contributed by atoms with Gasteiger partial charge in [0.25, 0.3) is 5.91 Å². The number of allylic oxidation sites excluding steroid dienone is 1. The molecule has 17 heteroatoms. The van der Waals surface area contributed by atoms with E-state index in [1.54, 1.807) is 27.9 Å². The number of tetrazole rings is 1. The van der Waals surface area contributed by atoms with Crippen LogP contribution in [0.1, 0.15) is 91.7 Å². The van der Waals surface area contributed by atoms with E-state index in [9.17, 15) is 27.6 Å². The lowest BCUT2D eigenvalue weighted by Crippen LogP contribution is -2.60. The van der Waals surface area contributed by atoms with Crippen LogP contribution in [0.4, 0.5) is 4.79 Å². The molecule has 2 aliphatic carbocycles. The van der Waals surface area contributed by atoms with Crippen molar-refractivity contribution in [2.24, 2.45) is 16.7 Å². The Morgan fingerprint density at radius 3 is 2.55 bits per heavy atom. The fraction of sp³-hybridized carbons (Fsp3) is 0.639. The summed E-state index contributed by atoms with van der Waals surface area (Å²) in [6.45, 7) is 11.2. The lowest BCUT2D eigenvalue weighted by atomic mass is 9.85. The van der Waals surface area contributed by atoms with Gasteiger partial charge in [0.2, 0.25) is 27.7 Å². The molecule has 16 nitrogen and oxygen atoms in total. The average molecular weight is 755 g/mol. The molecule has 2 aromatic rings. The maximum atomic E-state index is 14.6. The molecule has 2 aliphatic heterocycles. The molecule has 6 rings (SSSR count). The third-order valence-electron chi connectivity index (χ3n) is 10.6. The Balaban J connectivity index is 1.35. The van der Waals surface area contributed by atoms with Crippen LogP contribution in [0.25, 0.3) is 17.5 Å². The fourth-order valence-corrected chi connectivity index (χ4v) is 8.43. The topological polar surface area (TPSA) is 204 Å². The second-order valence-corrected chi connectivity index (χ2v) is 18.5. The lowest BCUT2D eigenvalue weighted by molar-refractivity contribution is -0.142. The van der Waals surface area contributed by atoms with Crippen LogP contribution < -0.4 is 20.1 Å². The minimum Gasteiger partial charge on any atom is -0.496 e. The second kappa shape index (κ2) is 14.0. The molecule has 0 spiro atoms. The van der Waals surface area contributed by atoms with E-state index in [0.29, 0.717) is 42.8 Å². The van der Waals surface area contributed by atoms with Crippen molar-refractivity contribution in [2.75, 3.05) is 20.3 Å². The van der Waals surface area contributed by atoms with Gasteiger partial charge in [-0.25, -0.2) is 13.2 Å². The third-order valence-corrected chi connectivity index (χ3v) is 12.4. The molecule has 2 saturated carbocycles.